The topological polar surface area (TPSA) is 72.8 Å². The van der Waals surface area contributed by atoms with Crippen molar-refractivity contribution in [2.75, 3.05) is 26.2 Å². The minimum Gasteiger partial charge on any atom is -0.508 e. The molecule has 1 rings (SSSR count). The van der Waals surface area contributed by atoms with Crippen LogP contribution in [-0.2, 0) is 10.3 Å². The molecule has 0 spiro atoms. The van der Waals surface area contributed by atoms with Gasteiger partial charge in [0.1, 0.15) is 11.3 Å². The maximum atomic E-state index is 11.8. The number of likely N-dealkylation sites (N-methyl/N-ethyl adjacent to an activating group) is 1. The van der Waals surface area contributed by atoms with Crippen molar-refractivity contribution in [3.63, 3.8) is 0 Å². The molecule has 0 aromatic heterocycles. The molecule has 0 saturated carbocycles. The summed E-state index contributed by atoms with van der Waals surface area (Å²) in [5.74, 6) is -0.757. The van der Waals surface area contributed by atoms with Crippen LogP contribution in [0.2, 0.25) is 0 Å². The summed E-state index contributed by atoms with van der Waals surface area (Å²) in [6, 6.07) is 6.37. The second-order valence-corrected chi connectivity index (χ2v) is 5.06. The molecule has 0 aliphatic carbocycles. The molecular weight excluding hydrogens is 268 g/mol. The van der Waals surface area contributed by atoms with E-state index in [1.165, 1.54) is 12.1 Å². The van der Waals surface area contributed by atoms with Crippen molar-refractivity contribution in [1.82, 2.24) is 10.2 Å². The SMILES string of the molecule is CCN(CC)CCNC(CC)(C(=O)O)c1ccc(O)cc1. The summed E-state index contributed by atoms with van der Waals surface area (Å²) in [6.45, 7) is 9.34. The average Bonchev–Trinajstić information content (AvgIpc) is 2.49. The molecule has 3 N–H and O–H groups in total. The molecule has 0 radical (unpaired) electrons. The Morgan fingerprint density at radius 1 is 1.19 bits per heavy atom. The van der Waals surface area contributed by atoms with Crippen molar-refractivity contribution < 1.29 is 15.0 Å². The fraction of sp³-hybridized carbons (Fsp3) is 0.562. The van der Waals surface area contributed by atoms with Gasteiger partial charge in [-0.1, -0.05) is 32.9 Å². The third-order valence-electron chi connectivity index (χ3n) is 4.00. The Bertz CT molecular complexity index is 443. The van der Waals surface area contributed by atoms with E-state index in [9.17, 15) is 15.0 Å². The molecule has 0 aliphatic heterocycles. The number of hydrogen-bond acceptors (Lipinski definition) is 4. The van der Waals surface area contributed by atoms with E-state index in [1.54, 1.807) is 12.1 Å². The van der Waals surface area contributed by atoms with Gasteiger partial charge in [0.2, 0.25) is 0 Å². The number of aliphatic carboxylic acids is 1. The molecule has 1 aromatic rings. The number of hydrogen-bond donors (Lipinski definition) is 3. The number of rotatable bonds is 9. The second-order valence-electron chi connectivity index (χ2n) is 5.06. The molecule has 118 valence electrons. The zero-order valence-electron chi connectivity index (χ0n) is 13.1. The predicted molar refractivity (Wildman–Crippen MR) is 83.5 cm³/mol. The predicted octanol–water partition coefficient (Wildman–Crippen LogP) is 2.01. The molecule has 0 aliphatic rings. The average molecular weight is 294 g/mol. The van der Waals surface area contributed by atoms with Crippen LogP contribution < -0.4 is 5.32 Å². The first kappa shape index (κ1) is 17.5. The van der Waals surface area contributed by atoms with Gasteiger partial charge in [0.25, 0.3) is 0 Å². The highest BCUT2D eigenvalue weighted by Crippen LogP contribution is 2.27. The number of carbonyl (C=O) groups is 1. The lowest BCUT2D eigenvalue weighted by molar-refractivity contribution is -0.145. The minimum atomic E-state index is -1.11. The molecule has 0 heterocycles. The van der Waals surface area contributed by atoms with Crippen LogP contribution in [0, 0.1) is 0 Å². The third kappa shape index (κ3) is 4.19. The van der Waals surface area contributed by atoms with Crippen LogP contribution >= 0.6 is 0 Å². The highest BCUT2D eigenvalue weighted by molar-refractivity contribution is 5.80. The molecule has 5 heteroatoms. The van der Waals surface area contributed by atoms with E-state index in [0.717, 1.165) is 19.6 Å². The Hall–Kier alpha value is -1.59. The third-order valence-corrected chi connectivity index (χ3v) is 4.00. The molecule has 0 fully saturated rings. The summed E-state index contributed by atoms with van der Waals surface area (Å²) in [5, 5.41) is 22.3. The van der Waals surface area contributed by atoms with Gasteiger partial charge < -0.3 is 15.1 Å². The Morgan fingerprint density at radius 2 is 1.76 bits per heavy atom. The molecule has 0 saturated heterocycles. The van der Waals surface area contributed by atoms with Gasteiger partial charge in [-0.2, -0.15) is 0 Å². The molecule has 1 atom stereocenters. The van der Waals surface area contributed by atoms with E-state index in [4.69, 9.17) is 0 Å². The maximum Gasteiger partial charge on any atom is 0.328 e. The fourth-order valence-corrected chi connectivity index (χ4v) is 2.49. The maximum absolute atomic E-state index is 11.8. The van der Waals surface area contributed by atoms with Crippen LogP contribution in [0.25, 0.3) is 0 Å². The van der Waals surface area contributed by atoms with E-state index in [0.29, 0.717) is 18.5 Å². The van der Waals surface area contributed by atoms with Gasteiger partial charge in [-0.25, -0.2) is 4.79 Å². The van der Waals surface area contributed by atoms with Gasteiger partial charge in [-0.3, -0.25) is 5.32 Å². The smallest absolute Gasteiger partial charge is 0.328 e. The van der Waals surface area contributed by atoms with E-state index in [1.807, 2.05) is 6.92 Å². The van der Waals surface area contributed by atoms with Crippen molar-refractivity contribution in [1.29, 1.82) is 0 Å². The molecule has 21 heavy (non-hydrogen) atoms. The van der Waals surface area contributed by atoms with Crippen LogP contribution in [-0.4, -0.2) is 47.3 Å². The summed E-state index contributed by atoms with van der Waals surface area (Å²) in [5.41, 5.74) is -0.448. The van der Waals surface area contributed by atoms with Crippen molar-refractivity contribution >= 4 is 5.97 Å². The standard InChI is InChI=1S/C16H26N2O3/c1-4-16(15(20)21,13-7-9-14(19)10-8-13)17-11-12-18(5-2)6-3/h7-10,17,19H,4-6,11-12H2,1-3H3,(H,20,21). The number of carboxylic acid groups (broad SMARTS) is 1. The fourth-order valence-electron chi connectivity index (χ4n) is 2.49. The van der Waals surface area contributed by atoms with Crippen molar-refractivity contribution in [2.24, 2.45) is 0 Å². The van der Waals surface area contributed by atoms with Gasteiger partial charge in [0.05, 0.1) is 0 Å². The Kier molecular flexibility index (Phi) is 6.65. The normalized spacial score (nSPS) is 14.1. The van der Waals surface area contributed by atoms with E-state index in [2.05, 4.69) is 24.1 Å². The first-order valence-corrected chi connectivity index (χ1v) is 7.50. The van der Waals surface area contributed by atoms with Crippen LogP contribution in [0.15, 0.2) is 24.3 Å². The van der Waals surface area contributed by atoms with Crippen molar-refractivity contribution in [2.45, 2.75) is 32.7 Å². The number of aromatic hydroxyl groups is 1. The first-order chi connectivity index (χ1) is 10.00. The van der Waals surface area contributed by atoms with Gasteiger partial charge in [-0.05, 0) is 37.2 Å². The Morgan fingerprint density at radius 3 is 2.19 bits per heavy atom. The molecular formula is C16H26N2O3. The van der Waals surface area contributed by atoms with Gasteiger partial charge in [0.15, 0.2) is 0 Å². The first-order valence-electron chi connectivity index (χ1n) is 7.50. The summed E-state index contributed by atoms with van der Waals surface area (Å²) < 4.78 is 0. The van der Waals surface area contributed by atoms with Gasteiger partial charge in [-0.15, -0.1) is 0 Å². The summed E-state index contributed by atoms with van der Waals surface area (Å²) >= 11 is 0. The Labute approximate surface area is 126 Å². The molecule has 5 nitrogen and oxygen atoms in total. The van der Waals surface area contributed by atoms with Crippen molar-refractivity contribution in [3.8, 4) is 5.75 Å². The molecule has 0 amide bonds. The zero-order chi connectivity index (χ0) is 15.9. The highest BCUT2D eigenvalue weighted by Gasteiger charge is 2.38. The van der Waals surface area contributed by atoms with Gasteiger partial charge >= 0.3 is 5.97 Å². The number of phenols is 1. The number of nitrogens with one attached hydrogen (secondary N) is 1. The number of nitrogens with zero attached hydrogens (tertiary/aromatic N) is 1. The van der Waals surface area contributed by atoms with E-state index in [-0.39, 0.29) is 5.75 Å². The monoisotopic (exact) mass is 294 g/mol. The van der Waals surface area contributed by atoms with Crippen LogP contribution in [0.4, 0.5) is 0 Å². The summed E-state index contributed by atoms with van der Waals surface area (Å²) in [6.07, 6.45) is 0.436. The lowest BCUT2D eigenvalue weighted by Crippen LogP contribution is -2.51. The second kappa shape index (κ2) is 8.00. The van der Waals surface area contributed by atoms with E-state index < -0.39 is 11.5 Å². The number of phenolic OH excluding ortho intramolecular Hbond substituents is 1. The molecule has 1 aromatic carbocycles. The zero-order valence-corrected chi connectivity index (χ0v) is 13.1. The summed E-state index contributed by atoms with van der Waals surface area (Å²) in [7, 11) is 0. The quantitative estimate of drug-likeness (QED) is 0.650. The molecule has 1 unspecified atom stereocenters. The molecule has 0 bridgehead atoms. The highest BCUT2D eigenvalue weighted by atomic mass is 16.4. The van der Waals surface area contributed by atoms with Crippen LogP contribution in [0.3, 0.4) is 0 Å². The van der Waals surface area contributed by atoms with Crippen molar-refractivity contribution in [3.05, 3.63) is 29.8 Å². The van der Waals surface area contributed by atoms with Crippen LogP contribution in [0.1, 0.15) is 32.8 Å². The lowest BCUT2D eigenvalue weighted by atomic mass is 9.87. The lowest BCUT2D eigenvalue weighted by Gasteiger charge is -2.31. The number of benzene rings is 1. The largest absolute Gasteiger partial charge is 0.508 e. The van der Waals surface area contributed by atoms with E-state index >= 15 is 0 Å². The minimum absolute atomic E-state index is 0.136. The summed E-state index contributed by atoms with van der Waals surface area (Å²) in [4.78, 5) is 14.1. The van der Waals surface area contributed by atoms with Crippen LogP contribution in [0.5, 0.6) is 5.75 Å². The Balaban J connectivity index is 2.89. The number of carboxylic acids is 1. The van der Waals surface area contributed by atoms with Gasteiger partial charge in [0, 0.05) is 13.1 Å².